The Hall–Kier alpha value is -1.84. The minimum absolute atomic E-state index is 0.0258. The van der Waals surface area contributed by atoms with Crippen LogP contribution >= 0.6 is 0 Å². The first-order valence-electron chi connectivity index (χ1n) is 5.87. The second kappa shape index (κ2) is 9.97. The van der Waals surface area contributed by atoms with Gasteiger partial charge in [0.05, 0.1) is 12.9 Å². The lowest BCUT2D eigenvalue weighted by Gasteiger charge is -2.22. The molecule has 0 aliphatic carbocycles. The zero-order valence-corrected chi connectivity index (χ0v) is 11.1. The molecule has 0 spiro atoms. The van der Waals surface area contributed by atoms with Crippen LogP contribution in [-0.4, -0.2) is 68.6 Å². The van der Waals surface area contributed by atoms with Gasteiger partial charge in [-0.05, 0) is 18.2 Å². The van der Waals surface area contributed by atoms with Crippen LogP contribution in [0.25, 0.3) is 0 Å². The van der Waals surface area contributed by atoms with E-state index in [0.717, 1.165) is 0 Å². The smallest absolute Gasteiger partial charge is 0.220 e. The lowest BCUT2D eigenvalue weighted by molar-refractivity contribution is -0.136. The minimum atomic E-state index is -1.79. The zero-order chi connectivity index (χ0) is 16.4. The van der Waals surface area contributed by atoms with Crippen molar-refractivity contribution in [3.05, 3.63) is 36.8 Å². The van der Waals surface area contributed by atoms with Crippen LogP contribution in [0.3, 0.4) is 0 Å². The van der Waals surface area contributed by atoms with Crippen molar-refractivity contribution in [3.63, 3.8) is 0 Å². The molecule has 21 heavy (non-hydrogen) atoms. The highest BCUT2D eigenvalue weighted by Crippen LogP contribution is 2.03. The first kappa shape index (κ1) is 19.2. The molecular formula is C13H18O8. The summed E-state index contributed by atoms with van der Waals surface area (Å²) in [5.74, 6) is 0.157. The Kier molecular flexibility index (Phi) is 9.10. The summed E-state index contributed by atoms with van der Waals surface area (Å²) in [6.07, 6.45) is -4.16. The lowest BCUT2D eigenvalue weighted by Crippen LogP contribution is -2.46. The summed E-state index contributed by atoms with van der Waals surface area (Å²) in [6, 6.07) is 3.26. The van der Waals surface area contributed by atoms with Gasteiger partial charge in [0.1, 0.15) is 24.4 Å². The predicted octanol–water partition coefficient (Wildman–Crippen LogP) is -1.73. The molecule has 8 heteroatoms. The molecule has 4 atom stereocenters. The number of rotatable bonds is 7. The maximum Gasteiger partial charge on any atom is 0.220 e. The van der Waals surface area contributed by atoms with Crippen LogP contribution in [0.1, 0.15) is 10.6 Å². The standard InChI is InChI=1S/C7H6O2.C6H12O6/c1-2-6(8)7-4-3-5-9-7;7-1-3(9)5(11)6(12)4(10)2-8/h2-5H,1H2;1,3-6,8-12H,2H2. The van der Waals surface area contributed by atoms with Crippen molar-refractivity contribution < 1.29 is 39.5 Å². The molecule has 0 saturated carbocycles. The van der Waals surface area contributed by atoms with Crippen LogP contribution in [0.15, 0.2) is 35.5 Å². The van der Waals surface area contributed by atoms with E-state index >= 15 is 0 Å². The number of allylic oxidation sites excluding steroid dienone is 1. The molecule has 0 fully saturated rings. The third-order valence-electron chi connectivity index (χ3n) is 2.37. The number of carbonyl (C=O) groups excluding carboxylic acids is 2. The maximum absolute atomic E-state index is 10.7. The molecule has 0 amide bonds. The minimum Gasteiger partial charge on any atom is -0.461 e. The molecule has 118 valence electrons. The molecule has 5 N–H and O–H groups in total. The van der Waals surface area contributed by atoms with Crippen LogP contribution in [0.5, 0.6) is 0 Å². The van der Waals surface area contributed by atoms with Gasteiger partial charge in [0.15, 0.2) is 12.0 Å². The fourth-order valence-electron chi connectivity index (χ4n) is 1.14. The number of aldehydes is 1. The Bertz CT molecular complexity index is 427. The van der Waals surface area contributed by atoms with Gasteiger partial charge in [-0.2, -0.15) is 0 Å². The number of furan rings is 1. The fourth-order valence-corrected chi connectivity index (χ4v) is 1.14. The largest absolute Gasteiger partial charge is 0.461 e. The quantitative estimate of drug-likeness (QED) is 0.227. The van der Waals surface area contributed by atoms with Crippen molar-refractivity contribution in [2.75, 3.05) is 6.61 Å². The van der Waals surface area contributed by atoms with Gasteiger partial charge < -0.3 is 34.7 Å². The summed E-state index contributed by atoms with van der Waals surface area (Å²) in [7, 11) is 0. The molecule has 1 heterocycles. The van der Waals surface area contributed by atoms with Crippen molar-refractivity contribution in [1.82, 2.24) is 0 Å². The summed E-state index contributed by atoms with van der Waals surface area (Å²) < 4.78 is 4.77. The van der Waals surface area contributed by atoms with E-state index < -0.39 is 31.0 Å². The number of aliphatic hydroxyl groups excluding tert-OH is 5. The van der Waals surface area contributed by atoms with Gasteiger partial charge in [-0.3, -0.25) is 4.79 Å². The first-order chi connectivity index (χ1) is 9.88. The third kappa shape index (κ3) is 6.43. The molecule has 1 aromatic rings. The number of ketones is 1. The lowest BCUT2D eigenvalue weighted by atomic mass is 10.0. The average Bonchev–Trinajstić information content (AvgIpc) is 3.05. The van der Waals surface area contributed by atoms with E-state index in [-0.39, 0.29) is 12.1 Å². The highest BCUT2D eigenvalue weighted by molar-refractivity contribution is 6.01. The van der Waals surface area contributed by atoms with E-state index in [1.807, 2.05) is 0 Å². The van der Waals surface area contributed by atoms with Crippen molar-refractivity contribution in [2.45, 2.75) is 24.4 Å². The fraction of sp³-hybridized carbons (Fsp3) is 0.385. The maximum atomic E-state index is 10.7. The molecule has 4 unspecified atom stereocenters. The van der Waals surface area contributed by atoms with Gasteiger partial charge >= 0.3 is 0 Å². The average molecular weight is 302 g/mol. The van der Waals surface area contributed by atoms with Gasteiger partial charge in [-0.15, -0.1) is 0 Å². The van der Waals surface area contributed by atoms with Crippen molar-refractivity contribution in [1.29, 1.82) is 0 Å². The summed E-state index contributed by atoms with van der Waals surface area (Å²) >= 11 is 0. The molecule has 0 bridgehead atoms. The van der Waals surface area contributed by atoms with Gasteiger partial charge in [0.25, 0.3) is 0 Å². The van der Waals surface area contributed by atoms with Crippen LogP contribution in [0, 0.1) is 0 Å². The molecule has 0 radical (unpaired) electrons. The zero-order valence-electron chi connectivity index (χ0n) is 11.1. The van der Waals surface area contributed by atoms with Gasteiger partial charge in [0, 0.05) is 0 Å². The van der Waals surface area contributed by atoms with Crippen LogP contribution < -0.4 is 0 Å². The third-order valence-corrected chi connectivity index (χ3v) is 2.37. The number of hydrogen-bond donors (Lipinski definition) is 5. The normalized spacial score (nSPS) is 15.9. The van der Waals surface area contributed by atoms with Crippen LogP contribution in [-0.2, 0) is 4.79 Å². The van der Waals surface area contributed by atoms with Gasteiger partial charge in [0.2, 0.25) is 5.78 Å². The van der Waals surface area contributed by atoms with E-state index in [2.05, 4.69) is 6.58 Å². The highest BCUT2D eigenvalue weighted by Gasteiger charge is 2.29. The summed E-state index contributed by atoms with van der Waals surface area (Å²) in [5, 5.41) is 43.5. The van der Waals surface area contributed by atoms with Crippen molar-refractivity contribution >= 4 is 12.1 Å². The molecule has 0 saturated heterocycles. The molecule has 0 aliphatic rings. The second-order valence-electron chi connectivity index (χ2n) is 3.90. The molecule has 0 aromatic carbocycles. The van der Waals surface area contributed by atoms with E-state index in [1.54, 1.807) is 12.1 Å². The Morgan fingerprint density at radius 3 is 2.29 bits per heavy atom. The molecular weight excluding hydrogens is 284 g/mol. The summed E-state index contributed by atoms with van der Waals surface area (Å²) in [6.45, 7) is 2.55. The van der Waals surface area contributed by atoms with Gasteiger partial charge in [-0.25, -0.2) is 0 Å². The second-order valence-corrected chi connectivity index (χ2v) is 3.90. The molecule has 1 rings (SSSR count). The number of carbonyl (C=O) groups is 2. The molecule has 1 aromatic heterocycles. The van der Waals surface area contributed by atoms with Crippen LogP contribution in [0.2, 0.25) is 0 Å². The molecule has 8 nitrogen and oxygen atoms in total. The van der Waals surface area contributed by atoms with E-state index in [9.17, 15) is 9.59 Å². The van der Waals surface area contributed by atoms with Crippen molar-refractivity contribution in [3.8, 4) is 0 Å². The number of hydrogen-bond acceptors (Lipinski definition) is 8. The van der Waals surface area contributed by atoms with Gasteiger partial charge in [-0.1, -0.05) is 6.58 Å². The Morgan fingerprint density at radius 1 is 1.29 bits per heavy atom. The topological polar surface area (TPSA) is 148 Å². The van der Waals surface area contributed by atoms with E-state index in [0.29, 0.717) is 5.76 Å². The van der Waals surface area contributed by atoms with E-state index in [1.165, 1.54) is 12.3 Å². The highest BCUT2D eigenvalue weighted by atomic mass is 16.4. The molecule has 0 aliphatic heterocycles. The Labute approximate surface area is 120 Å². The summed E-state index contributed by atoms with van der Waals surface area (Å²) in [5.41, 5.74) is 0. The Morgan fingerprint density at radius 2 is 1.90 bits per heavy atom. The SMILES string of the molecule is C=CC(=O)c1ccco1.O=CC(O)C(O)C(O)C(O)CO. The van der Waals surface area contributed by atoms with Crippen molar-refractivity contribution in [2.24, 2.45) is 0 Å². The van der Waals surface area contributed by atoms with Crippen LogP contribution in [0.4, 0.5) is 0 Å². The monoisotopic (exact) mass is 302 g/mol. The Balaban J connectivity index is 0.000000394. The van der Waals surface area contributed by atoms with E-state index in [4.69, 9.17) is 29.9 Å². The number of aliphatic hydroxyl groups is 5. The first-order valence-corrected chi connectivity index (χ1v) is 5.87. The summed E-state index contributed by atoms with van der Waals surface area (Å²) in [4.78, 5) is 20.6. The predicted molar refractivity (Wildman–Crippen MR) is 70.4 cm³/mol.